The van der Waals surface area contributed by atoms with Crippen LogP contribution in [0.5, 0.6) is 0 Å². The van der Waals surface area contributed by atoms with Gasteiger partial charge in [-0.25, -0.2) is 9.59 Å². The summed E-state index contributed by atoms with van der Waals surface area (Å²) in [4.78, 5) is 28.6. The van der Waals surface area contributed by atoms with E-state index in [0.29, 0.717) is 11.1 Å². The molecular weight excluding hydrogens is 652 g/mol. The summed E-state index contributed by atoms with van der Waals surface area (Å²) < 4.78 is 10.2. The Morgan fingerprint density at radius 1 is 0.511 bits per heavy atom. The number of benzene rings is 6. The highest BCUT2D eigenvalue weighted by molar-refractivity contribution is 9.10. The number of halogens is 1. The van der Waals surface area contributed by atoms with E-state index < -0.39 is 0 Å². The van der Waals surface area contributed by atoms with E-state index in [0.717, 1.165) is 21.5 Å². The number of aromatic amines is 1. The molecule has 234 valence electrons. The first kappa shape index (κ1) is 32.7. The fourth-order valence-corrected chi connectivity index (χ4v) is 5.51. The molecule has 6 nitrogen and oxygen atoms in total. The molecule has 0 unspecified atom stereocenters. The summed E-state index contributed by atoms with van der Waals surface area (Å²) in [5, 5.41) is 2.61. The van der Waals surface area contributed by atoms with E-state index in [4.69, 9.17) is 4.74 Å². The van der Waals surface area contributed by atoms with E-state index >= 15 is 0 Å². The van der Waals surface area contributed by atoms with Gasteiger partial charge in [-0.2, -0.15) is 0 Å². The molecule has 1 heterocycles. The average molecular weight is 686 g/mol. The van der Waals surface area contributed by atoms with Crippen LogP contribution in [0.25, 0.3) is 21.8 Å². The second-order valence-corrected chi connectivity index (χ2v) is 11.1. The van der Waals surface area contributed by atoms with Crippen molar-refractivity contribution >= 4 is 66.7 Å². The summed E-state index contributed by atoms with van der Waals surface area (Å²) >= 11 is 3.24. The molecule has 0 saturated carbocycles. The van der Waals surface area contributed by atoms with Crippen LogP contribution in [0.1, 0.15) is 20.7 Å². The molecule has 0 aliphatic carbocycles. The molecular formula is C40H33BrN2O4. The number of nitrogens with one attached hydrogen (secondary N) is 1. The quantitative estimate of drug-likeness (QED) is 0.183. The Morgan fingerprint density at radius 2 is 0.915 bits per heavy atom. The normalized spacial score (nSPS) is 10.2. The number of nitrogens with zero attached hydrogens (tertiary/aromatic N) is 1. The Labute approximate surface area is 282 Å². The lowest BCUT2D eigenvalue weighted by molar-refractivity contribution is 0.0591. The maximum absolute atomic E-state index is 12.2. The number of ether oxygens (including phenoxy) is 2. The lowest BCUT2D eigenvalue weighted by Crippen LogP contribution is -2.14. The predicted molar refractivity (Wildman–Crippen MR) is 194 cm³/mol. The Kier molecular flexibility index (Phi) is 11.2. The first-order valence-corrected chi connectivity index (χ1v) is 15.7. The minimum atomic E-state index is -0.350. The number of aromatic nitrogens is 1. The summed E-state index contributed by atoms with van der Waals surface area (Å²) in [6, 6.07) is 51.3. The largest absolute Gasteiger partial charge is 0.465 e. The third-order valence-corrected chi connectivity index (χ3v) is 7.96. The number of hydrogen-bond donors (Lipinski definition) is 1. The standard InChI is InChI=1S/C20H17NO2.C12H9N.C8H7BrO2/c1-23-20(22)18-14-8-9-15-19(18)21(16-10-4-2-5-11-16)17-12-6-3-7-13-17;1-3-7-11-9(5-1)10-6-2-4-8-12(10)13-11;1-11-8(10)6-4-2-3-5-7(6)9/h2-15H,1H3;1-8,13H;2-5H,1H3. The van der Waals surface area contributed by atoms with Gasteiger partial charge >= 0.3 is 11.9 Å². The van der Waals surface area contributed by atoms with Crippen molar-refractivity contribution in [3.63, 3.8) is 0 Å². The van der Waals surface area contributed by atoms with E-state index in [-0.39, 0.29) is 11.9 Å². The SMILES string of the molecule is COC(=O)c1ccccc1Br.COC(=O)c1ccccc1N(c1ccccc1)c1ccccc1.c1ccc2c(c1)[nH]c1ccccc12. The van der Waals surface area contributed by atoms with Crippen LogP contribution in [-0.4, -0.2) is 31.1 Å². The number of rotatable bonds is 5. The molecule has 0 amide bonds. The summed E-state index contributed by atoms with van der Waals surface area (Å²) in [5.74, 6) is -0.671. The molecule has 0 spiro atoms. The van der Waals surface area contributed by atoms with Gasteiger partial charge in [0.1, 0.15) is 0 Å². The summed E-state index contributed by atoms with van der Waals surface area (Å²) in [7, 11) is 2.76. The number of para-hydroxylation sites is 5. The van der Waals surface area contributed by atoms with Crippen molar-refractivity contribution in [3.8, 4) is 0 Å². The molecule has 0 bridgehead atoms. The minimum Gasteiger partial charge on any atom is -0.465 e. The molecule has 1 N–H and O–H groups in total. The maximum atomic E-state index is 12.2. The van der Waals surface area contributed by atoms with Gasteiger partial charge in [-0.15, -0.1) is 0 Å². The van der Waals surface area contributed by atoms with Crippen molar-refractivity contribution in [2.24, 2.45) is 0 Å². The molecule has 0 saturated heterocycles. The van der Waals surface area contributed by atoms with Gasteiger partial charge in [0.05, 0.1) is 31.0 Å². The minimum absolute atomic E-state index is 0.322. The fraction of sp³-hybridized carbons (Fsp3) is 0.0500. The molecule has 6 aromatic carbocycles. The average Bonchev–Trinajstić information content (AvgIpc) is 3.52. The maximum Gasteiger partial charge on any atom is 0.339 e. The molecule has 7 heteroatoms. The smallest absolute Gasteiger partial charge is 0.339 e. The number of hydrogen-bond acceptors (Lipinski definition) is 5. The van der Waals surface area contributed by atoms with E-state index in [1.807, 2.05) is 89.8 Å². The zero-order valence-corrected chi connectivity index (χ0v) is 27.6. The van der Waals surface area contributed by atoms with Crippen LogP contribution in [0.4, 0.5) is 17.1 Å². The van der Waals surface area contributed by atoms with Crippen LogP contribution in [0.15, 0.2) is 162 Å². The third kappa shape index (κ3) is 7.95. The summed E-state index contributed by atoms with van der Waals surface area (Å²) in [6.45, 7) is 0. The van der Waals surface area contributed by atoms with Crippen LogP contribution in [-0.2, 0) is 9.47 Å². The number of fused-ring (bicyclic) bond motifs is 3. The Morgan fingerprint density at radius 3 is 1.43 bits per heavy atom. The van der Waals surface area contributed by atoms with Crippen molar-refractivity contribution < 1.29 is 19.1 Å². The fourth-order valence-electron chi connectivity index (χ4n) is 5.07. The second kappa shape index (κ2) is 16.1. The van der Waals surface area contributed by atoms with Crippen molar-refractivity contribution in [2.75, 3.05) is 19.1 Å². The number of H-pyrrole nitrogens is 1. The molecule has 7 rings (SSSR count). The first-order valence-electron chi connectivity index (χ1n) is 14.9. The number of carbonyl (C=O) groups is 2. The van der Waals surface area contributed by atoms with Crippen molar-refractivity contribution in [1.82, 2.24) is 4.98 Å². The molecule has 7 aromatic rings. The monoisotopic (exact) mass is 684 g/mol. The highest BCUT2D eigenvalue weighted by atomic mass is 79.9. The van der Waals surface area contributed by atoms with Crippen LogP contribution in [0.3, 0.4) is 0 Å². The molecule has 0 atom stereocenters. The van der Waals surface area contributed by atoms with Crippen molar-refractivity contribution in [3.05, 3.63) is 173 Å². The van der Waals surface area contributed by atoms with E-state index in [2.05, 4.69) is 74.2 Å². The van der Waals surface area contributed by atoms with Crippen LogP contribution >= 0.6 is 15.9 Å². The van der Waals surface area contributed by atoms with Crippen molar-refractivity contribution in [1.29, 1.82) is 0 Å². The lowest BCUT2D eigenvalue weighted by atomic mass is 10.1. The molecule has 1 aromatic heterocycles. The second-order valence-electron chi connectivity index (χ2n) is 10.2. The summed E-state index contributed by atoms with van der Waals surface area (Å²) in [5.41, 5.74) is 6.26. The zero-order chi connectivity index (χ0) is 33.0. The Bertz CT molecular complexity index is 1990. The van der Waals surface area contributed by atoms with Gasteiger partial charge in [0.2, 0.25) is 0 Å². The number of esters is 2. The van der Waals surface area contributed by atoms with Crippen molar-refractivity contribution in [2.45, 2.75) is 0 Å². The molecule has 0 fully saturated rings. The molecule has 0 radical (unpaired) electrons. The number of methoxy groups -OCH3 is 2. The number of carbonyl (C=O) groups excluding carboxylic acids is 2. The highest BCUT2D eigenvalue weighted by Gasteiger charge is 2.19. The zero-order valence-electron chi connectivity index (χ0n) is 26.0. The Balaban J connectivity index is 0.000000152. The van der Waals surface area contributed by atoms with E-state index in [1.165, 1.54) is 36.0 Å². The third-order valence-electron chi connectivity index (χ3n) is 7.27. The van der Waals surface area contributed by atoms with Gasteiger partial charge in [-0.1, -0.05) is 97.1 Å². The number of anilines is 3. The van der Waals surface area contributed by atoms with Gasteiger partial charge in [-0.05, 0) is 76.6 Å². The topological polar surface area (TPSA) is 71.6 Å². The molecule has 0 aliphatic heterocycles. The van der Waals surface area contributed by atoms with Crippen LogP contribution < -0.4 is 4.90 Å². The molecule has 0 aliphatic rings. The first-order chi connectivity index (χ1) is 23.0. The van der Waals surface area contributed by atoms with Gasteiger partial charge in [-0.3, -0.25) is 0 Å². The lowest BCUT2D eigenvalue weighted by Gasteiger charge is -2.26. The highest BCUT2D eigenvalue weighted by Crippen LogP contribution is 2.36. The van der Waals surface area contributed by atoms with Gasteiger partial charge < -0.3 is 19.4 Å². The molecule has 47 heavy (non-hydrogen) atoms. The summed E-state index contributed by atoms with van der Waals surface area (Å²) in [6.07, 6.45) is 0. The van der Waals surface area contributed by atoms with E-state index in [1.54, 1.807) is 24.3 Å². The van der Waals surface area contributed by atoms with E-state index in [9.17, 15) is 9.59 Å². The van der Waals surface area contributed by atoms with Crippen LogP contribution in [0, 0.1) is 0 Å². The Hall–Kier alpha value is -5.66. The van der Waals surface area contributed by atoms with Gasteiger partial charge in [0.25, 0.3) is 0 Å². The van der Waals surface area contributed by atoms with Gasteiger partial charge in [0.15, 0.2) is 0 Å². The van der Waals surface area contributed by atoms with Gasteiger partial charge in [0, 0.05) is 37.7 Å². The van der Waals surface area contributed by atoms with Crippen LogP contribution in [0.2, 0.25) is 0 Å². The predicted octanol–water partition coefficient (Wildman–Crippen LogP) is 10.5.